The molecule has 0 saturated carbocycles. The fourth-order valence-corrected chi connectivity index (χ4v) is 2.43. The van der Waals surface area contributed by atoms with Crippen LogP contribution in [0.4, 0.5) is 0 Å². The van der Waals surface area contributed by atoms with Gasteiger partial charge in [-0.05, 0) is 37.9 Å². The first kappa shape index (κ1) is 15.4. The van der Waals surface area contributed by atoms with Crippen LogP contribution in [0.15, 0.2) is 12.1 Å². The SMILES string of the molecule is COc1cc(C(=O)NC2CCCCN2)cc(OC)c1OC. The minimum absolute atomic E-state index is 0.0188. The topological polar surface area (TPSA) is 68.8 Å². The number of carbonyl (C=O) groups excluding carboxylic acids is 1. The lowest BCUT2D eigenvalue weighted by Gasteiger charge is -2.24. The van der Waals surface area contributed by atoms with E-state index in [2.05, 4.69) is 10.6 Å². The number of methoxy groups -OCH3 is 3. The van der Waals surface area contributed by atoms with Crippen LogP contribution in [-0.2, 0) is 0 Å². The van der Waals surface area contributed by atoms with Crippen LogP contribution in [0.3, 0.4) is 0 Å². The molecule has 6 heteroatoms. The van der Waals surface area contributed by atoms with Crippen molar-refractivity contribution >= 4 is 5.91 Å². The molecule has 1 aromatic rings. The van der Waals surface area contributed by atoms with Gasteiger partial charge in [0.25, 0.3) is 5.91 Å². The molecular formula is C15H22N2O4. The number of rotatable bonds is 5. The van der Waals surface area contributed by atoms with Crippen molar-refractivity contribution in [3.8, 4) is 17.2 Å². The summed E-state index contributed by atoms with van der Waals surface area (Å²) in [6.45, 7) is 0.931. The van der Waals surface area contributed by atoms with Crippen molar-refractivity contribution < 1.29 is 19.0 Å². The third kappa shape index (κ3) is 3.58. The highest BCUT2D eigenvalue weighted by Crippen LogP contribution is 2.38. The van der Waals surface area contributed by atoms with Crippen molar-refractivity contribution in [1.29, 1.82) is 0 Å². The van der Waals surface area contributed by atoms with E-state index in [1.54, 1.807) is 12.1 Å². The first-order valence-corrected chi connectivity index (χ1v) is 7.04. The second-order valence-electron chi connectivity index (χ2n) is 4.89. The Morgan fingerprint density at radius 3 is 2.29 bits per heavy atom. The van der Waals surface area contributed by atoms with Crippen molar-refractivity contribution in [2.24, 2.45) is 0 Å². The van der Waals surface area contributed by atoms with Gasteiger partial charge in [0.2, 0.25) is 5.75 Å². The fraction of sp³-hybridized carbons (Fsp3) is 0.533. The number of carbonyl (C=O) groups is 1. The maximum atomic E-state index is 12.3. The Hall–Kier alpha value is -1.95. The Bertz CT molecular complexity index is 473. The van der Waals surface area contributed by atoms with Crippen LogP contribution < -0.4 is 24.8 Å². The van der Waals surface area contributed by atoms with E-state index in [1.165, 1.54) is 21.3 Å². The van der Waals surface area contributed by atoms with Gasteiger partial charge in [0, 0.05) is 5.56 Å². The standard InChI is InChI=1S/C15H22N2O4/c1-19-11-8-10(9-12(20-2)14(11)21-3)15(18)17-13-6-4-5-7-16-13/h8-9,13,16H,4-7H2,1-3H3,(H,17,18). The molecule has 1 atom stereocenters. The Kier molecular flexibility index (Phi) is 5.27. The van der Waals surface area contributed by atoms with E-state index in [4.69, 9.17) is 14.2 Å². The van der Waals surface area contributed by atoms with Crippen molar-refractivity contribution in [1.82, 2.24) is 10.6 Å². The average Bonchev–Trinajstić information content (AvgIpc) is 2.54. The predicted molar refractivity (Wildman–Crippen MR) is 79.2 cm³/mol. The number of amides is 1. The monoisotopic (exact) mass is 294 g/mol. The molecule has 0 aromatic heterocycles. The van der Waals surface area contributed by atoms with Gasteiger partial charge in [0.1, 0.15) is 0 Å². The molecule has 1 aromatic carbocycles. The Morgan fingerprint density at radius 2 is 1.81 bits per heavy atom. The number of ether oxygens (including phenoxy) is 3. The summed E-state index contributed by atoms with van der Waals surface area (Å²) >= 11 is 0. The molecule has 1 aliphatic heterocycles. The molecule has 0 spiro atoms. The molecule has 116 valence electrons. The van der Waals surface area contributed by atoms with Gasteiger partial charge in [-0.15, -0.1) is 0 Å². The van der Waals surface area contributed by atoms with Gasteiger partial charge < -0.3 is 19.5 Å². The fourth-order valence-electron chi connectivity index (χ4n) is 2.43. The summed E-state index contributed by atoms with van der Waals surface area (Å²) in [5, 5.41) is 6.25. The van der Waals surface area contributed by atoms with E-state index in [0.717, 1.165) is 25.8 Å². The molecule has 1 fully saturated rings. The Balaban J connectivity index is 2.19. The van der Waals surface area contributed by atoms with Crippen LogP contribution in [0.1, 0.15) is 29.6 Å². The highest BCUT2D eigenvalue weighted by molar-refractivity contribution is 5.95. The van der Waals surface area contributed by atoms with Gasteiger partial charge in [-0.25, -0.2) is 0 Å². The molecule has 21 heavy (non-hydrogen) atoms. The largest absolute Gasteiger partial charge is 0.493 e. The van der Waals surface area contributed by atoms with Gasteiger partial charge in [-0.3, -0.25) is 10.1 Å². The predicted octanol–water partition coefficient (Wildman–Crippen LogP) is 1.54. The first-order chi connectivity index (χ1) is 10.2. The maximum absolute atomic E-state index is 12.3. The van der Waals surface area contributed by atoms with Gasteiger partial charge in [0.15, 0.2) is 11.5 Å². The van der Waals surface area contributed by atoms with Crippen molar-refractivity contribution in [2.45, 2.75) is 25.4 Å². The second kappa shape index (κ2) is 7.17. The molecule has 1 saturated heterocycles. The molecule has 0 radical (unpaired) electrons. The summed E-state index contributed by atoms with van der Waals surface area (Å²) in [5.41, 5.74) is 0.483. The zero-order valence-corrected chi connectivity index (χ0v) is 12.7. The minimum Gasteiger partial charge on any atom is -0.493 e. The molecule has 1 heterocycles. The van der Waals surface area contributed by atoms with Crippen LogP contribution in [-0.4, -0.2) is 39.9 Å². The van der Waals surface area contributed by atoms with E-state index in [-0.39, 0.29) is 12.1 Å². The lowest BCUT2D eigenvalue weighted by atomic mass is 10.1. The average molecular weight is 294 g/mol. The Morgan fingerprint density at radius 1 is 1.14 bits per heavy atom. The van der Waals surface area contributed by atoms with Crippen LogP contribution >= 0.6 is 0 Å². The molecule has 2 N–H and O–H groups in total. The Labute approximate surface area is 124 Å². The van der Waals surface area contributed by atoms with E-state index in [1.807, 2.05) is 0 Å². The van der Waals surface area contributed by atoms with Crippen molar-refractivity contribution in [2.75, 3.05) is 27.9 Å². The molecular weight excluding hydrogens is 272 g/mol. The van der Waals surface area contributed by atoms with E-state index in [9.17, 15) is 4.79 Å². The molecule has 1 unspecified atom stereocenters. The smallest absolute Gasteiger partial charge is 0.252 e. The third-order valence-corrected chi connectivity index (χ3v) is 3.54. The van der Waals surface area contributed by atoms with Crippen molar-refractivity contribution in [3.05, 3.63) is 17.7 Å². The first-order valence-electron chi connectivity index (χ1n) is 7.04. The second-order valence-corrected chi connectivity index (χ2v) is 4.89. The molecule has 6 nitrogen and oxygen atoms in total. The van der Waals surface area contributed by atoms with Crippen LogP contribution in [0.2, 0.25) is 0 Å². The normalized spacial score (nSPS) is 18.0. The quantitative estimate of drug-likeness (QED) is 0.862. The van der Waals surface area contributed by atoms with Gasteiger partial charge in [-0.2, -0.15) is 0 Å². The summed E-state index contributed by atoms with van der Waals surface area (Å²) in [6.07, 6.45) is 3.23. The molecule has 1 aliphatic rings. The zero-order valence-electron chi connectivity index (χ0n) is 12.7. The summed E-state index contributed by atoms with van der Waals surface area (Å²) < 4.78 is 15.8. The van der Waals surface area contributed by atoms with E-state index >= 15 is 0 Å². The summed E-state index contributed by atoms with van der Waals surface area (Å²) in [5.74, 6) is 1.26. The number of piperidine rings is 1. The highest BCUT2D eigenvalue weighted by atomic mass is 16.5. The van der Waals surface area contributed by atoms with Crippen LogP contribution in [0.5, 0.6) is 17.2 Å². The van der Waals surface area contributed by atoms with Gasteiger partial charge >= 0.3 is 0 Å². The summed E-state index contributed by atoms with van der Waals surface area (Å²) in [6, 6.07) is 3.30. The number of hydrogen-bond donors (Lipinski definition) is 2. The highest BCUT2D eigenvalue weighted by Gasteiger charge is 2.20. The van der Waals surface area contributed by atoms with Crippen molar-refractivity contribution in [3.63, 3.8) is 0 Å². The molecule has 0 aliphatic carbocycles. The van der Waals surface area contributed by atoms with Crippen LogP contribution in [0.25, 0.3) is 0 Å². The number of hydrogen-bond acceptors (Lipinski definition) is 5. The minimum atomic E-state index is -0.159. The number of nitrogens with one attached hydrogen (secondary N) is 2. The summed E-state index contributed by atoms with van der Waals surface area (Å²) in [4.78, 5) is 12.3. The third-order valence-electron chi connectivity index (χ3n) is 3.54. The number of benzene rings is 1. The summed E-state index contributed by atoms with van der Waals surface area (Å²) in [7, 11) is 4.59. The van der Waals surface area contributed by atoms with E-state index in [0.29, 0.717) is 22.8 Å². The molecule has 2 rings (SSSR count). The lowest BCUT2D eigenvalue weighted by Crippen LogP contribution is -2.47. The van der Waals surface area contributed by atoms with Crippen LogP contribution in [0, 0.1) is 0 Å². The van der Waals surface area contributed by atoms with Gasteiger partial charge in [0.05, 0.1) is 27.5 Å². The molecule has 0 bridgehead atoms. The maximum Gasteiger partial charge on any atom is 0.252 e. The molecule has 1 amide bonds. The lowest BCUT2D eigenvalue weighted by molar-refractivity contribution is 0.0920. The zero-order chi connectivity index (χ0) is 15.2. The van der Waals surface area contributed by atoms with Gasteiger partial charge in [-0.1, -0.05) is 0 Å². The van der Waals surface area contributed by atoms with E-state index < -0.39 is 0 Å².